The highest BCUT2D eigenvalue weighted by atomic mass is 32.2. The fraction of sp³-hybridized carbons (Fsp3) is 0.800. The molecule has 0 spiro atoms. The smallest absolute Gasteiger partial charge is 0.236 e. The van der Waals surface area contributed by atoms with Gasteiger partial charge in [0, 0.05) is 14.1 Å². The SMILES string of the molecule is CC(C(N)=O)S(=O)(=O)N(C)C. The maximum atomic E-state index is 11.1. The Morgan fingerprint density at radius 2 is 1.82 bits per heavy atom. The van der Waals surface area contributed by atoms with Gasteiger partial charge in [-0.1, -0.05) is 0 Å². The third-order valence-corrected chi connectivity index (χ3v) is 3.50. The van der Waals surface area contributed by atoms with Crippen molar-refractivity contribution < 1.29 is 13.2 Å². The van der Waals surface area contributed by atoms with E-state index in [4.69, 9.17) is 5.73 Å². The number of hydrogen-bond donors (Lipinski definition) is 1. The van der Waals surface area contributed by atoms with Crippen molar-refractivity contribution in [3.63, 3.8) is 0 Å². The van der Waals surface area contributed by atoms with Crippen molar-refractivity contribution in [3.05, 3.63) is 0 Å². The highest BCUT2D eigenvalue weighted by Crippen LogP contribution is 2.02. The van der Waals surface area contributed by atoms with Crippen molar-refractivity contribution >= 4 is 15.9 Å². The van der Waals surface area contributed by atoms with Crippen LogP contribution in [0.2, 0.25) is 0 Å². The lowest BCUT2D eigenvalue weighted by atomic mass is 10.5. The van der Waals surface area contributed by atoms with Crippen molar-refractivity contribution in [1.82, 2.24) is 4.31 Å². The predicted molar refractivity (Wildman–Crippen MR) is 41.3 cm³/mol. The van der Waals surface area contributed by atoms with Crippen molar-refractivity contribution in [3.8, 4) is 0 Å². The Balaban J connectivity index is 4.72. The molecule has 5 nitrogen and oxygen atoms in total. The van der Waals surface area contributed by atoms with E-state index in [0.29, 0.717) is 0 Å². The van der Waals surface area contributed by atoms with Gasteiger partial charge in [-0.25, -0.2) is 12.7 Å². The number of sulfonamides is 1. The van der Waals surface area contributed by atoms with Crippen LogP contribution in [-0.4, -0.2) is 38.0 Å². The Labute approximate surface area is 66.2 Å². The molecule has 1 atom stereocenters. The van der Waals surface area contributed by atoms with E-state index < -0.39 is 21.2 Å². The van der Waals surface area contributed by atoms with Crippen molar-refractivity contribution in [1.29, 1.82) is 0 Å². The Morgan fingerprint density at radius 1 is 1.45 bits per heavy atom. The molecule has 0 aliphatic rings. The number of nitrogens with two attached hydrogens (primary N) is 1. The molecule has 0 radical (unpaired) electrons. The lowest BCUT2D eigenvalue weighted by molar-refractivity contribution is -0.117. The average Bonchev–Trinajstić information content (AvgIpc) is 1.85. The molecule has 0 rings (SSSR count). The van der Waals surface area contributed by atoms with Gasteiger partial charge in [-0.05, 0) is 6.92 Å². The molecule has 2 N–H and O–H groups in total. The molecule has 0 aromatic carbocycles. The Kier molecular flexibility index (Phi) is 3.01. The summed E-state index contributed by atoms with van der Waals surface area (Å²) in [4.78, 5) is 10.5. The highest BCUT2D eigenvalue weighted by Gasteiger charge is 2.27. The van der Waals surface area contributed by atoms with E-state index in [9.17, 15) is 13.2 Å². The molecule has 0 saturated carbocycles. The molecule has 6 heteroatoms. The maximum absolute atomic E-state index is 11.1. The first-order valence-electron chi connectivity index (χ1n) is 3.00. The third-order valence-electron chi connectivity index (χ3n) is 1.36. The number of rotatable bonds is 3. The van der Waals surface area contributed by atoms with Gasteiger partial charge in [-0.2, -0.15) is 0 Å². The predicted octanol–water partition coefficient (Wildman–Crippen LogP) is -1.25. The van der Waals surface area contributed by atoms with E-state index in [0.717, 1.165) is 4.31 Å². The monoisotopic (exact) mass is 180 g/mol. The Morgan fingerprint density at radius 3 is 1.91 bits per heavy atom. The van der Waals surface area contributed by atoms with Gasteiger partial charge in [0.1, 0.15) is 0 Å². The lowest BCUT2D eigenvalue weighted by Crippen LogP contribution is -2.40. The van der Waals surface area contributed by atoms with Gasteiger partial charge < -0.3 is 5.73 Å². The van der Waals surface area contributed by atoms with Crippen molar-refractivity contribution in [2.75, 3.05) is 14.1 Å². The number of hydrogen-bond acceptors (Lipinski definition) is 3. The summed E-state index contributed by atoms with van der Waals surface area (Å²) >= 11 is 0. The molecule has 0 aromatic heterocycles. The molecule has 1 unspecified atom stereocenters. The quantitative estimate of drug-likeness (QED) is 0.589. The van der Waals surface area contributed by atoms with E-state index in [1.165, 1.54) is 21.0 Å². The van der Waals surface area contributed by atoms with Crippen LogP contribution in [0.3, 0.4) is 0 Å². The fourth-order valence-electron chi connectivity index (χ4n) is 0.463. The minimum absolute atomic E-state index is 0.835. The van der Waals surface area contributed by atoms with Gasteiger partial charge in [0.05, 0.1) is 0 Å². The van der Waals surface area contributed by atoms with Crippen molar-refractivity contribution in [2.24, 2.45) is 5.73 Å². The fourth-order valence-corrected chi connectivity index (χ4v) is 1.39. The first-order valence-corrected chi connectivity index (χ1v) is 4.51. The topological polar surface area (TPSA) is 80.5 Å². The van der Waals surface area contributed by atoms with Crippen LogP contribution in [0.1, 0.15) is 6.92 Å². The van der Waals surface area contributed by atoms with Crippen LogP contribution < -0.4 is 5.73 Å². The summed E-state index contributed by atoms with van der Waals surface area (Å²) in [6.07, 6.45) is 0. The van der Waals surface area contributed by atoms with Crippen LogP contribution in [0.25, 0.3) is 0 Å². The van der Waals surface area contributed by atoms with Gasteiger partial charge in [0.2, 0.25) is 15.9 Å². The van der Waals surface area contributed by atoms with Gasteiger partial charge >= 0.3 is 0 Å². The number of nitrogens with zero attached hydrogens (tertiary/aromatic N) is 1. The molecule has 1 amide bonds. The number of amides is 1. The Bertz CT molecular complexity index is 244. The molecule has 0 saturated heterocycles. The normalized spacial score (nSPS) is 14.9. The molecule has 0 bridgehead atoms. The summed E-state index contributed by atoms with van der Waals surface area (Å²) in [7, 11) is -0.806. The van der Waals surface area contributed by atoms with Gasteiger partial charge in [-0.3, -0.25) is 4.79 Å². The van der Waals surface area contributed by atoms with E-state index in [1.54, 1.807) is 0 Å². The van der Waals surface area contributed by atoms with E-state index in [2.05, 4.69) is 0 Å². The minimum atomic E-state index is -3.52. The number of carbonyl (C=O) groups is 1. The summed E-state index contributed by atoms with van der Waals surface area (Å²) in [5, 5.41) is -1.16. The molecule has 66 valence electrons. The van der Waals surface area contributed by atoms with E-state index in [-0.39, 0.29) is 0 Å². The minimum Gasteiger partial charge on any atom is -0.369 e. The zero-order valence-electron chi connectivity index (χ0n) is 6.73. The first-order chi connectivity index (χ1) is 4.80. The number of primary amides is 1. The summed E-state index contributed by atoms with van der Waals surface area (Å²) in [5.74, 6) is -0.835. The second-order valence-corrected chi connectivity index (χ2v) is 4.84. The van der Waals surface area contributed by atoms with Crippen LogP contribution in [0.5, 0.6) is 0 Å². The van der Waals surface area contributed by atoms with E-state index in [1.807, 2.05) is 0 Å². The van der Waals surface area contributed by atoms with Gasteiger partial charge in [-0.15, -0.1) is 0 Å². The van der Waals surface area contributed by atoms with Crippen LogP contribution in [0.4, 0.5) is 0 Å². The molecule has 0 aliphatic heterocycles. The van der Waals surface area contributed by atoms with Crippen LogP contribution in [-0.2, 0) is 14.8 Å². The first kappa shape index (κ1) is 10.4. The summed E-state index contributed by atoms with van der Waals surface area (Å²) < 4.78 is 23.2. The molecule has 0 heterocycles. The highest BCUT2D eigenvalue weighted by molar-refractivity contribution is 7.90. The van der Waals surface area contributed by atoms with Gasteiger partial charge in [0.15, 0.2) is 5.25 Å². The average molecular weight is 180 g/mol. The lowest BCUT2D eigenvalue weighted by Gasteiger charge is -2.14. The second kappa shape index (κ2) is 3.19. The maximum Gasteiger partial charge on any atom is 0.236 e. The zero-order valence-corrected chi connectivity index (χ0v) is 7.55. The molecule has 0 aliphatic carbocycles. The molecule has 0 aromatic rings. The van der Waals surface area contributed by atoms with E-state index >= 15 is 0 Å². The zero-order chi connectivity index (χ0) is 9.23. The third kappa shape index (κ3) is 2.16. The van der Waals surface area contributed by atoms with Crippen LogP contribution >= 0.6 is 0 Å². The summed E-state index contributed by atoms with van der Waals surface area (Å²) in [6.45, 7) is 1.26. The van der Waals surface area contributed by atoms with Crippen LogP contribution in [0.15, 0.2) is 0 Å². The van der Waals surface area contributed by atoms with Gasteiger partial charge in [0.25, 0.3) is 0 Å². The summed E-state index contributed by atoms with van der Waals surface area (Å²) in [5.41, 5.74) is 4.82. The molecule has 0 fully saturated rings. The molecule has 11 heavy (non-hydrogen) atoms. The standard InChI is InChI=1S/C5H12N2O3S/c1-4(5(6)8)11(9,10)7(2)3/h4H,1-3H3,(H2,6,8). The Hall–Kier alpha value is -0.620. The summed E-state index contributed by atoms with van der Waals surface area (Å²) in [6, 6.07) is 0. The largest absolute Gasteiger partial charge is 0.369 e. The second-order valence-electron chi connectivity index (χ2n) is 2.37. The van der Waals surface area contributed by atoms with Crippen LogP contribution in [0, 0.1) is 0 Å². The molecular weight excluding hydrogens is 168 g/mol. The molecular formula is C5H12N2O3S. The van der Waals surface area contributed by atoms with Crippen molar-refractivity contribution in [2.45, 2.75) is 12.2 Å². The number of carbonyl (C=O) groups excluding carboxylic acids is 1.